The summed E-state index contributed by atoms with van der Waals surface area (Å²) < 4.78 is 5.86. The van der Waals surface area contributed by atoms with E-state index in [-0.39, 0.29) is 0 Å². The van der Waals surface area contributed by atoms with Crippen molar-refractivity contribution in [1.29, 1.82) is 0 Å². The van der Waals surface area contributed by atoms with Crippen molar-refractivity contribution in [2.24, 2.45) is 5.92 Å². The van der Waals surface area contributed by atoms with E-state index < -0.39 is 0 Å². The third kappa shape index (κ3) is 5.93. The Morgan fingerprint density at radius 2 is 2.00 bits per heavy atom. The molecule has 3 nitrogen and oxygen atoms in total. The molecule has 1 N–H and O–H groups in total. The first-order valence-corrected chi connectivity index (χ1v) is 7.67. The van der Waals surface area contributed by atoms with Gasteiger partial charge < -0.3 is 15.0 Å². The molecule has 0 heterocycles. The third-order valence-corrected chi connectivity index (χ3v) is 3.85. The summed E-state index contributed by atoms with van der Waals surface area (Å²) in [4.78, 5) is 2.35. The fourth-order valence-electron chi connectivity index (χ4n) is 2.03. The van der Waals surface area contributed by atoms with Gasteiger partial charge in [0.15, 0.2) is 0 Å². The van der Waals surface area contributed by atoms with Crippen LogP contribution in [-0.2, 0) is 6.54 Å². The van der Waals surface area contributed by atoms with Crippen LogP contribution in [0.3, 0.4) is 0 Å². The van der Waals surface area contributed by atoms with Gasteiger partial charge in [-0.05, 0) is 44.1 Å². The van der Waals surface area contributed by atoms with E-state index in [2.05, 4.69) is 63.2 Å². The molecule has 0 amide bonds. The lowest BCUT2D eigenvalue weighted by Crippen LogP contribution is -2.36. The Hall–Kier alpha value is -1.06. The minimum absolute atomic E-state index is 0.582. The second-order valence-electron chi connectivity index (χ2n) is 5.74. The summed E-state index contributed by atoms with van der Waals surface area (Å²) in [5.74, 6) is 1.63. The monoisotopic (exact) mass is 278 g/mol. The molecule has 1 atom stereocenters. The predicted molar refractivity (Wildman–Crippen MR) is 86.2 cm³/mol. The van der Waals surface area contributed by atoms with Crippen LogP contribution in [0.2, 0.25) is 0 Å². The van der Waals surface area contributed by atoms with E-state index in [1.54, 1.807) is 0 Å². The average molecular weight is 278 g/mol. The summed E-state index contributed by atoms with van der Waals surface area (Å²) in [6.07, 6.45) is 0. The topological polar surface area (TPSA) is 24.5 Å². The Kier molecular flexibility index (Phi) is 7.63. The summed E-state index contributed by atoms with van der Waals surface area (Å²) in [6, 6.07) is 8.92. The van der Waals surface area contributed by atoms with Crippen molar-refractivity contribution in [3.05, 3.63) is 29.8 Å². The number of ether oxygens (including phenoxy) is 1. The van der Waals surface area contributed by atoms with E-state index >= 15 is 0 Å². The molecular formula is C17H30N2O. The molecule has 1 unspecified atom stereocenters. The van der Waals surface area contributed by atoms with Crippen LogP contribution in [0.15, 0.2) is 24.3 Å². The lowest BCUT2D eigenvalue weighted by molar-refractivity contribution is 0.170. The Morgan fingerprint density at radius 3 is 2.65 bits per heavy atom. The molecule has 114 valence electrons. The first-order valence-electron chi connectivity index (χ1n) is 7.67. The van der Waals surface area contributed by atoms with Crippen molar-refractivity contribution in [1.82, 2.24) is 10.2 Å². The number of likely N-dealkylation sites (N-methyl/N-ethyl adjacent to an activating group) is 1. The first kappa shape index (κ1) is 17.0. The molecule has 3 heteroatoms. The standard InChI is InChI=1S/C17H30N2O/c1-6-18-13-16-8-7-9-17(12-16)20-11-10-19(5)15(4)14(2)3/h7-9,12,14-15,18H,6,10-11,13H2,1-5H3. The van der Waals surface area contributed by atoms with Crippen LogP contribution in [0, 0.1) is 5.92 Å². The van der Waals surface area contributed by atoms with Crippen molar-refractivity contribution in [3.8, 4) is 5.75 Å². The van der Waals surface area contributed by atoms with Crippen molar-refractivity contribution in [2.75, 3.05) is 26.7 Å². The van der Waals surface area contributed by atoms with Gasteiger partial charge in [-0.3, -0.25) is 0 Å². The molecule has 0 radical (unpaired) electrons. The zero-order chi connectivity index (χ0) is 15.0. The SMILES string of the molecule is CCNCc1cccc(OCCN(C)C(C)C(C)C)c1. The van der Waals surface area contributed by atoms with Crippen LogP contribution >= 0.6 is 0 Å². The second-order valence-corrected chi connectivity index (χ2v) is 5.74. The fourth-order valence-corrected chi connectivity index (χ4v) is 2.03. The Morgan fingerprint density at radius 1 is 1.25 bits per heavy atom. The fraction of sp³-hybridized carbons (Fsp3) is 0.647. The Labute approximate surface area is 124 Å². The van der Waals surface area contributed by atoms with E-state index in [9.17, 15) is 0 Å². The van der Waals surface area contributed by atoms with Gasteiger partial charge in [0.25, 0.3) is 0 Å². The van der Waals surface area contributed by atoms with Gasteiger partial charge >= 0.3 is 0 Å². The highest BCUT2D eigenvalue weighted by molar-refractivity contribution is 5.28. The van der Waals surface area contributed by atoms with Crippen LogP contribution in [0.25, 0.3) is 0 Å². The highest BCUT2D eigenvalue weighted by Gasteiger charge is 2.12. The van der Waals surface area contributed by atoms with E-state index in [1.807, 2.05) is 6.07 Å². The molecule has 1 aromatic rings. The second kappa shape index (κ2) is 8.98. The summed E-state index contributed by atoms with van der Waals surface area (Å²) in [6.45, 7) is 12.5. The maximum atomic E-state index is 5.86. The first-order chi connectivity index (χ1) is 9.54. The number of nitrogens with one attached hydrogen (secondary N) is 1. The van der Waals surface area contributed by atoms with Gasteiger partial charge in [-0.25, -0.2) is 0 Å². The number of hydrogen-bond donors (Lipinski definition) is 1. The molecule has 0 fully saturated rings. The van der Waals surface area contributed by atoms with Crippen LogP contribution < -0.4 is 10.1 Å². The molecule has 20 heavy (non-hydrogen) atoms. The minimum Gasteiger partial charge on any atom is -0.492 e. The summed E-state index contributed by atoms with van der Waals surface area (Å²) >= 11 is 0. The maximum absolute atomic E-state index is 5.86. The Bertz CT molecular complexity index is 379. The maximum Gasteiger partial charge on any atom is 0.119 e. The van der Waals surface area contributed by atoms with Gasteiger partial charge in [0.2, 0.25) is 0 Å². The molecular weight excluding hydrogens is 248 g/mol. The van der Waals surface area contributed by atoms with Gasteiger partial charge in [0.1, 0.15) is 12.4 Å². The van der Waals surface area contributed by atoms with Gasteiger partial charge in [-0.1, -0.05) is 32.9 Å². The molecule has 0 bridgehead atoms. The summed E-state index contributed by atoms with van der Waals surface area (Å²) in [5, 5.41) is 3.33. The van der Waals surface area contributed by atoms with Crippen molar-refractivity contribution in [2.45, 2.75) is 40.3 Å². The highest BCUT2D eigenvalue weighted by atomic mass is 16.5. The van der Waals surface area contributed by atoms with E-state index in [0.717, 1.165) is 32.0 Å². The number of nitrogens with zero attached hydrogens (tertiary/aromatic N) is 1. The molecule has 0 aliphatic heterocycles. The lowest BCUT2D eigenvalue weighted by atomic mass is 10.1. The van der Waals surface area contributed by atoms with Gasteiger partial charge in [-0.2, -0.15) is 0 Å². The number of rotatable bonds is 9. The smallest absolute Gasteiger partial charge is 0.119 e. The zero-order valence-electron chi connectivity index (χ0n) is 13.6. The molecule has 1 rings (SSSR count). The van der Waals surface area contributed by atoms with Crippen molar-refractivity contribution < 1.29 is 4.74 Å². The van der Waals surface area contributed by atoms with Gasteiger partial charge in [0.05, 0.1) is 0 Å². The van der Waals surface area contributed by atoms with E-state index in [1.165, 1.54) is 5.56 Å². The quantitative estimate of drug-likeness (QED) is 0.751. The van der Waals surface area contributed by atoms with E-state index in [0.29, 0.717) is 12.0 Å². The molecule has 0 aliphatic carbocycles. The lowest BCUT2D eigenvalue weighted by Gasteiger charge is -2.27. The normalized spacial score (nSPS) is 12.9. The predicted octanol–water partition coefficient (Wildman–Crippen LogP) is 3.15. The zero-order valence-corrected chi connectivity index (χ0v) is 13.6. The molecule has 0 saturated carbocycles. The molecule has 1 aromatic carbocycles. The largest absolute Gasteiger partial charge is 0.492 e. The number of hydrogen-bond acceptors (Lipinski definition) is 3. The molecule has 0 aliphatic rings. The third-order valence-electron chi connectivity index (χ3n) is 3.85. The van der Waals surface area contributed by atoms with Crippen LogP contribution in [0.4, 0.5) is 0 Å². The molecule has 0 spiro atoms. The highest BCUT2D eigenvalue weighted by Crippen LogP contribution is 2.14. The Balaban J connectivity index is 2.38. The van der Waals surface area contributed by atoms with E-state index in [4.69, 9.17) is 4.74 Å². The average Bonchev–Trinajstić information content (AvgIpc) is 2.44. The summed E-state index contributed by atoms with van der Waals surface area (Å²) in [7, 11) is 2.16. The van der Waals surface area contributed by atoms with Gasteiger partial charge in [0, 0.05) is 19.1 Å². The number of benzene rings is 1. The van der Waals surface area contributed by atoms with Crippen LogP contribution in [0.1, 0.15) is 33.3 Å². The molecule has 0 saturated heterocycles. The minimum atomic E-state index is 0.582. The van der Waals surface area contributed by atoms with Crippen LogP contribution in [-0.4, -0.2) is 37.7 Å². The molecule has 0 aromatic heterocycles. The van der Waals surface area contributed by atoms with Crippen molar-refractivity contribution >= 4 is 0 Å². The summed E-state index contributed by atoms with van der Waals surface area (Å²) in [5.41, 5.74) is 1.27. The van der Waals surface area contributed by atoms with Crippen LogP contribution in [0.5, 0.6) is 5.75 Å². The van der Waals surface area contributed by atoms with Crippen molar-refractivity contribution in [3.63, 3.8) is 0 Å². The van der Waals surface area contributed by atoms with Gasteiger partial charge in [-0.15, -0.1) is 0 Å².